The number of hydrogen-bond acceptors (Lipinski definition) is 4. The predicted octanol–water partition coefficient (Wildman–Crippen LogP) is 2.82. The molecule has 0 rings (SSSR count). The minimum atomic E-state index is -3.28. The van der Waals surface area contributed by atoms with Gasteiger partial charge in [0, 0.05) is 12.6 Å². The van der Waals surface area contributed by atoms with Crippen molar-refractivity contribution < 1.29 is 13.2 Å². The Kier molecular flexibility index (Phi) is 8.21. The van der Waals surface area contributed by atoms with Gasteiger partial charge in [-0.3, -0.25) is 0 Å². The predicted molar refractivity (Wildman–Crippen MR) is 98.3 cm³/mol. The molecule has 0 amide bonds. The van der Waals surface area contributed by atoms with E-state index in [1.165, 1.54) is 10.6 Å². The van der Waals surface area contributed by atoms with Crippen molar-refractivity contribution in [3.63, 3.8) is 0 Å². The van der Waals surface area contributed by atoms with E-state index in [0.717, 1.165) is 12.8 Å². The summed E-state index contributed by atoms with van der Waals surface area (Å²) in [6.07, 6.45) is 3.23. The summed E-state index contributed by atoms with van der Waals surface area (Å²) in [5.74, 6) is 0. The molecule has 6 heteroatoms. The first-order valence-electron chi connectivity index (χ1n) is 8.39. The molecular weight excluding hydrogens is 312 g/mol. The third-order valence-electron chi connectivity index (χ3n) is 5.13. The molecule has 0 spiro atoms. The first kappa shape index (κ1) is 22.8. The van der Waals surface area contributed by atoms with Crippen LogP contribution >= 0.6 is 0 Å². The molecule has 0 N–H and O–H groups in total. The third-order valence-corrected chi connectivity index (χ3v) is 6.43. The maximum Gasteiger partial charge on any atom is 0.211 e. The number of ether oxygens (including phenoxy) is 1. The molecule has 0 saturated carbocycles. The topological polar surface area (TPSA) is 49.9 Å². The number of likely N-dealkylation sites (N-methyl/N-ethyl adjacent to an activating group) is 1. The molecule has 0 saturated heterocycles. The van der Waals surface area contributed by atoms with Crippen LogP contribution in [-0.4, -0.2) is 69.3 Å². The highest BCUT2D eigenvalue weighted by Gasteiger charge is 2.42. The summed E-state index contributed by atoms with van der Waals surface area (Å²) in [5, 5.41) is 0. The first-order valence-corrected chi connectivity index (χ1v) is 10.2. The van der Waals surface area contributed by atoms with Gasteiger partial charge in [-0.15, -0.1) is 0 Å². The normalized spacial score (nSPS) is 17.8. The van der Waals surface area contributed by atoms with Crippen molar-refractivity contribution >= 4 is 10.0 Å². The summed E-state index contributed by atoms with van der Waals surface area (Å²) >= 11 is 0. The standard InChI is InChI=1S/C17H38N2O3S/c1-11-17(6,18(7)8)13-16(4,5)15(12-22-14(2)3)19(9)23(10,20)21/h14-15H,11-13H2,1-10H3. The quantitative estimate of drug-likeness (QED) is 0.608. The number of nitrogens with zero attached hydrogens (tertiary/aromatic N) is 2. The van der Waals surface area contributed by atoms with Crippen LogP contribution in [0.15, 0.2) is 0 Å². The molecule has 0 aromatic carbocycles. The minimum Gasteiger partial charge on any atom is -0.377 e. The van der Waals surface area contributed by atoms with E-state index in [1.807, 2.05) is 13.8 Å². The van der Waals surface area contributed by atoms with Crippen molar-refractivity contribution in [3.05, 3.63) is 0 Å². The van der Waals surface area contributed by atoms with E-state index >= 15 is 0 Å². The van der Waals surface area contributed by atoms with Crippen molar-refractivity contribution in [3.8, 4) is 0 Å². The summed E-state index contributed by atoms with van der Waals surface area (Å²) < 4.78 is 31.5. The molecule has 0 bridgehead atoms. The SMILES string of the molecule is CCC(C)(CC(C)(C)C(COC(C)C)N(C)S(C)(=O)=O)N(C)C. The lowest BCUT2D eigenvalue weighted by Crippen LogP contribution is -2.53. The second kappa shape index (κ2) is 8.28. The Labute approximate surface area is 144 Å². The number of hydrogen-bond donors (Lipinski definition) is 0. The van der Waals surface area contributed by atoms with E-state index in [4.69, 9.17) is 4.74 Å². The van der Waals surface area contributed by atoms with E-state index in [-0.39, 0.29) is 23.1 Å². The van der Waals surface area contributed by atoms with Gasteiger partial charge in [-0.25, -0.2) is 8.42 Å². The van der Waals surface area contributed by atoms with Crippen molar-refractivity contribution in [1.29, 1.82) is 0 Å². The Balaban J connectivity index is 5.57. The lowest BCUT2D eigenvalue weighted by Gasteiger charge is -2.47. The average Bonchev–Trinajstić information content (AvgIpc) is 2.35. The molecule has 0 aliphatic carbocycles. The highest BCUT2D eigenvalue weighted by atomic mass is 32.2. The van der Waals surface area contributed by atoms with Gasteiger partial charge in [0.2, 0.25) is 10.0 Å². The van der Waals surface area contributed by atoms with E-state index in [2.05, 4.69) is 46.7 Å². The number of rotatable bonds is 10. The van der Waals surface area contributed by atoms with Crippen LogP contribution in [-0.2, 0) is 14.8 Å². The van der Waals surface area contributed by atoms with Crippen molar-refractivity contribution in [2.45, 2.75) is 72.1 Å². The molecule has 0 aromatic heterocycles. The highest BCUT2D eigenvalue weighted by Crippen LogP contribution is 2.38. The van der Waals surface area contributed by atoms with Gasteiger partial charge in [-0.1, -0.05) is 20.8 Å². The highest BCUT2D eigenvalue weighted by molar-refractivity contribution is 7.88. The van der Waals surface area contributed by atoms with E-state index in [1.54, 1.807) is 7.05 Å². The molecule has 0 aliphatic rings. The molecule has 140 valence electrons. The molecular formula is C17H38N2O3S. The fourth-order valence-corrected chi connectivity index (χ4v) is 3.84. The Morgan fingerprint density at radius 3 is 1.87 bits per heavy atom. The largest absolute Gasteiger partial charge is 0.377 e. The Morgan fingerprint density at radius 1 is 1.09 bits per heavy atom. The van der Waals surface area contributed by atoms with Crippen LogP contribution < -0.4 is 0 Å². The van der Waals surface area contributed by atoms with Gasteiger partial charge in [0.25, 0.3) is 0 Å². The molecule has 0 aromatic rings. The molecule has 0 aliphatic heterocycles. The number of sulfonamides is 1. The fraction of sp³-hybridized carbons (Fsp3) is 1.00. The van der Waals surface area contributed by atoms with E-state index in [0.29, 0.717) is 6.61 Å². The summed E-state index contributed by atoms with van der Waals surface area (Å²) in [7, 11) is 2.55. The van der Waals surface area contributed by atoms with Crippen LogP contribution in [0.3, 0.4) is 0 Å². The molecule has 2 atom stereocenters. The summed E-state index contributed by atoms with van der Waals surface area (Å²) in [6.45, 7) is 13.0. The maximum atomic E-state index is 12.1. The van der Waals surface area contributed by atoms with Crippen LogP contribution in [0.1, 0.15) is 54.4 Å². The Bertz CT molecular complexity index is 460. The fourth-order valence-electron chi connectivity index (χ4n) is 3.04. The van der Waals surface area contributed by atoms with Crippen molar-refractivity contribution in [2.75, 3.05) is 34.0 Å². The molecule has 23 heavy (non-hydrogen) atoms. The molecule has 2 unspecified atom stereocenters. The lowest BCUT2D eigenvalue weighted by molar-refractivity contribution is -0.00907. The molecule has 0 heterocycles. The smallest absolute Gasteiger partial charge is 0.211 e. The monoisotopic (exact) mass is 350 g/mol. The van der Waals surface area contributed by atoms with Gasteiger partial charge >= 0.3 is 0 Å². The van der Waals surface area contributed by atoms with Gasteiger partial charge in [-0.2, -0.15) is 4.31 Å². The average molecular weight is 351 g/mol. The van der Waals surface area contributed by atoms with Gasteiger partial charge in [0.15, 0.2) is 0 Å². The van der Waals surface area contributed by atoms with Crippen LogP contribution in [0.5, 0.6) is 0 Å². The second-order valence-electron chi connectivity index (χ2n) is 8.09. The van der Waals surface area contributed by atoms with E-state index < -0.39 is 10.0 Å². The van der Waals surface area contributed by atoms with Crippen molar-refractivity contribution in [2.24, 2.45) is 5.41 Å². The Morgan fingerprint density at radius 2 is 1.57 bits per heavy atom. The molecule has 0 radical (unpaired) electrons. The zero-order valence-electron chi connectivity index (χ0n) is 16.8. The van der Waals surface area contributed by atoms with Gasteiger partial charge in [-0.05, 0) is 53.1 Å². The lowest BCUT2D eigenvalue weighted by atomic mass is 9.73. The Hall–Kier alpha value is -0.170. The minimum absolute atomic E-state index is 0.0118. The van der Waals surface area contributed by atoms with E-state index in [9.17, 15) is 8.42 Å². The van der Waals surface area contributed by atoms with Gasteiger partial charge < -0.3 is 9.64 Å². The van der Waals surface area contributed by atoms with Crippen LogP contribution in [0.25, 0.3) is 0 Å². The molecule has 5 nitrogen and oxygen atoms in total. The molecule has 0 fully saturated rings. The second-order valence-corrected chi connectivity index (χ2v) is 10.1. The van der Waals surface area contributed by atoms with Crippen molar-refractivity contribution in [1.82, 2.24) is 9.21 Å². The zero-order chi connectivity index (χ0) is 18.6. The van der Waals surface area contributed by atoms with Crippen LogP contribution in [0, 0.1) is 5.41 Å². The summed E-state index contributed by atoms with van der Waals surface area (Å²) in [6, 6.07) is -0.203. The van der Waals surface area contributed by atoms with Gasteiger partial charge in [0.05, 0.1) is 25.0 Å². The first-order chi connectivity index (χ1) is 10.2. The van der Waals surface area contributed by atoms with Gasteiger partial charge in [0.1, 0.15) is 0 Å². The maximum absolute atomic E-state index is 12.1. The summed E-state index contributed by atoms with van der Waals surface area (Å²) in [5.41, 5.74) is -0.209. The summed E-state index contributed by atoms with van der Waals surface area (Å²) in [4.78, 5) is 2.23. The van der Waals surface area contributed by atoms with Crippen LogP contribution in [0.2, 0.25) is 0 Å². The third kappa shape index (κ3) is 6.69. The van der Waals surface area contributed by atoms with Crippen LogP contribution in [0.4, 0.5) is 0 Å². The zero-order valence-corrected chi connectivity index (χ0v) is 17.6.